The Morgan fingerprint density at radius 2 is 2.00 bits per heavy atom. The number of nitrogens with one attached hydrogen (secondary N) is 1. The van der Waals surface area contributed by atoms with Crippen molar-refractivity contribution in [1.82, 2.24) is 15.0 Å². The van der Waals surface area contributed by atoms with E-state index in [2.05, 4.69) is 62.9 Å². The van der Waals surface area contributed by atoms with Crippen molar-refractivity contribution in [3.8, 4) is 11.4 Å². The fourth-order valence-electron chi connectivity index (χ4n) is 1.99. The van der Waals surface area contributed by atoms with Gasteiger partial charge in [0.05, 0.1) is 5.52 Å². The van der Waals surface area contributed by atoms with Crippen LogP contribution in [0, 0.1) is 13.8 Å². The number of benzene rings is 1. The Hall–Kier alpha value is -1.68. The van der Waals surface area contributed by atoms with E-state index in [4.69, 9.17) is 0 Å². The predicted octanol–water partition coefficient (Wildman–Crippen LogP) is 4.00. The molecule has 0 aliphatic rings. The van der Waals surface area contributed by atoms with E-state index in [0.717, 1.165) is 27.0 Å². The normalized spacial score (nSPS) is 11.1. The van der Waals surface area contributed by atoms with Crippen LogP contribution >= 0.6 is 15.9 Å². The van der Waals surface area contributed by atoms with Gasteiger partial charge >= 0.3 is 0 Å². The van der Waals surface area contributed by atoms with Gasteiger partial charge in [0.2, 0.25) is 0 Å². The molecule has 3 aromatic rings. The van der Waals surface area contributed by atoms with Crippen molar-refractivity contribution in [2.75, 3.05) is 0 Å². The molecule has 0 radical (unpaired) electrons. The zero-order chi connectivity index (χ0) is 12.7. The van der Waals surface area contributed by atoms with Crippen LogP contribution in [-0.2, 0) is 0 Å². The molecule has 18 heavy (non-hydrogen) atoms. The number of hydrogen-bond donors (Lipinski definition) is 1. The van der Waals surface area contributed by atoms with E-state index in [0.29, 0.717) is 0 Å². The van der Waals surface area contributed by atoms with Crippen molar-refractivity contribution < 1.29 is 0 Å². The molecule has 0 saturated carbocycles. The number of halogens is 1. The number of fused-ring (bicyclic) bond motifs is 1. The van der Waals surface area contributed by atoms with Gasteiger partial charge in [-0.25, -0.2) is 9.97 Å². The monoisotopic (exact) mass is 301 g/mol. The molecular formula is C14H12BrN3. The van der Waals surface area contributed by atoms with Gasteiger partial charge in [0.1, 0.15) is 5.82 Å². The molecular weight excluding hydrogens is 290 g/mol. The minimum atomic E-state index is 0.745. The summed E-state index contributed by atoms with van der Waals surface area (Å²) in [5.41, 5.74) is 5.25. The van der Waals surface area contributed by atoms with Gasteiger partial charge < -0.3 is 4.98 Å². The topological polar surface area (TPSA) is 41.6 Å². The lowest BCUT2D eigenvalue weighted by Crippen LogP contribution is -1.86. The third-order valence-electron chi connectivity index (χ3n) is 2.95. The lowest BCUT2D eigenvalue weighted by atomic mass is 10.1. The molecule has 4 heteroatoms. The van der Waals surface area contributed by atoms with E-state index in [9.17, 15) is 0 Å². The molecule has 0 aliphatic heterocycles. The van der Waals surface area contributed by atoms with Gasteiger partial charge in [-0.05, 0) is 47.5 Å². The smallest absolute Gasteiger partial charge is 0.178 e. The second-order valence-corrected chi connectivity index (χ2v) is 5.34. The van der Waals surface area contributed by atoms with Gasteiger partial charge in [-0.2, -0.15) is 0 Å². The number of aryl methyl sites for hydroxylation is 2. The van der Waals surface area contributed by atoms with Crippen LogP contribution in [0.5, 0.6) is 0 Å². The van der Waals surface area contributed by atoms with Crippen LogP contribution in [0.15, 0.2) is 34.9 Å². The number of aromatic nitrogens is 3. The first kappa shape index (κ1) is 11.4. The maximum Gasteiger partial charge on any atom is 0.178 e. The largest absolute Gasteiger partial charge is 0.337 e. The SMILES string of the molecule is Cc1ccc(C)c(-c2nc3ncc(Br)cc3[nH]2)c1. The molecule has 0 spiro atoms. The molecule has 90 valence electrons. The zero-order valence-corrected chi connectivity index (χ0v) is 11.7. The fraction of sp³-hybridized carbons (Fsp3) is 0.143. The average Bonchev–Trinajstić information content (AvgIpc) is 2.74. The Bertz CT molecular complexity index is 731. The molecule has 0 unspecified atom stereocenters. The van der Waals surface area contributed by atoms with Crippen molar-refractivity contribution in [2.24, 2.45) is 0 Å². The maximum atomic E-state index is 4.54. The Morgan fingerprint density at radius 3 is 2.83 bits per heavy atom. The summed E-state index contributed by atoms with van der Waals surface area (Å²) in [6, 6.07) is 8.35. The van der Waals surface area contributed by atoms with E-state index >= 15 is 0 Å². The molecule has 0 bridgehead atoms. The lowest BCUT2D eigenvalue weighted by molar-refractivity contribution is 1.27. The fourth-order valence-corrected chi connectivity index (χ4v) is 2.32. The van der Waals surface area contributed by atoms with E-state index < -0.39 is 0 Å². The minimum absolute atomic E-state index is 0.745. The highest BCUT2D eigenvalue weighted by Crippen LogP contribution is 2.24. The summed E-state index contributed by atoms with van der Waals surface area (Å²) < 4.78 is 0.950. The first-order valence-electron chi connectivity index (χ1n) is 5.72. The number of imidazole rings is 1. The molecule has 0 saturated heterocycles. The van der Waals surface area contributed by atoms with Crippen LogP contribution in [0.25, 0.3) is 22.6 Å². The van der Waals surface area contributed by atoms with Crippen LogP contribution < -0.4 is 0 Å². The summed E-state index contributed by atoms with van der Waals surface area (Å²) in [6.07, 6.45) is 1.76. The number of rotatable bonds is 1. The predicted molar refractivity (Wildman–Crippen MR) is 76.5 cm³/mol. The van der Waals surface area contributed by atoms with Gasteiger partial charge in [-0.3, -0.25) is 0 Å². The molecule has 0 aliphatic carbocycles. The van der Waals surface area contributed by atoms with Crippen LogP contribution in [0.1, 0.15) is 11.1 Å². The molecule has 1 aromatic carbocycles. The molecule has 0 atom stereocenters. The van der Waals surface area contributed by atoms with E-state index in [1.165, 1.54) is 11.1 Å². The Balaban J connectivity index is 2.22. The second-order valence-electron chi connectivity index (χ2n) is 4.43. The molecule has 1 N–H and O–H groups in total. The number of nitrogens with zero attached hydrogens (tertiary/aromatic N) is 2. The Morgan fingerprint density at radius 1 is 1.17 bits per heavy atom. The van der Waals surface area contributed by atoms with Crippen molar-refractivity contribution in [1.29, 1.82) is 0 Å². The van der Waals surface area contributed by atoms with Crippen molar-refractivity contribution in [3.63, 3.8) is 0 Å². The number of pyridine rings is 1. The molecule has 0 amide bonds. The van der Waals surface area contributed by atoms with Gasteiger partial charge in [0.25, 0.3) is 0 Å². The average molecular weight is 302 g/mol. The van der Waals surface area contributed by atoms with E-state index in [-0.39, 0.29) is 0 Å². The van der Waals surface area contributed by atoms with Crippen molar-refractivity contribution in [3.05, 3.63) is 46.1 Å². The van der Waals surface area contributed by atoms with Crippen LogP contribution in [0.2, 0.25) is 0 Å². The molecule has 0 fully saturated rings. The van der Waals surface area contributed by atoms with Gasteiger partial charge in [-0.1, -0.05) is 17.7 Å². The van der Waals surface area contributed by atoms with Gasteiger partial charge in [0, 0.05) is 16.2 Å². The summed E-state index contributed by atoms with van der Waals surface area (Å²) >= 11 is 3.41. The standard InChI is InChI=1S/C14H12BrN3/c1-8-3-4-9(2)11(5-8)13-17-12-6-10(15)7-16-14(12)18-13/h3-7H,1-2H3,(H,16,17,18). The maximum absolute atomic E-state index is 4.54. The number of hydrogen-bond acceptors (Lipinski definition) is 2. The summed E-state index contributed by atoms with van der Waals surface area (Å²) in [4.78, 5) is 12.1. The highest BCUT2D eigenvalue weighted by atomic mass is 79.9. The van der Waals surface area contributed by atoms with Gasteiger partial charge in [-0.15, -0.1) is 0 Å². The summed E-state index contributed by atoms with van der Waals surface area (Å²) in [7, 11) is 0. The van der Waals surface area contributed by atoms with Crippen LogP contribution in [-0.4, -0.2) is 15.0 Å². The quantitative estimate of drug-likeness (QED) is 0.738. The summed E-state index contributed by atoms with van der Waals surface area (Å²) in [5, 5.41) is 0. The molecule has 2 heterocycles. The highest BCUT2D eigenvalue weighted by molar-refractivity contribution is 9.10. The van der Waals surface area contributed by atoms with E-state index in [1.54, 1.807) is 6.20 Å². The minimum Gasteiger partial charge on any atom is -0.337 e. The molecule has 2 aromatic heterocycles. The highest BCUT2D eigenvalue weighted by Gasteiger charge is 2.09. The molecule has 3 nitrogen and oxygen atoms in total. The third kappa shape index (κ3) is 1.93. The van der Waals surface area contributed by atoms with Crippen LogP contribution in [0.4, 0.5) is 0 Å². The third-order valence-corrected chi connectivity index (χ3v) is 3.39. The van der Waals surface area contributed by atoms with Crippen LogP contribution in [0.3, 0.4) is 0 Å². The van der Waals surface area contributed by atoms with Crippen molar-refractivity contribution >= 4 is 27.1 Å². The lowest BCUT2D eigenvalue weighted by Gasteiger charge is -2.03. The Labute approximate surface area is 113 Å². The number of aromatic amines is 1. The zero-order valence-electron chi connectivity index (χ0n) is 10.2. The summed E-state index contributed by atoms with van der Waals surface area (Å²) in [6.45, 7) is 4.17. The second kappa shape index (κ2) is 4.21. The first-order valence-corrected chi connectivity index (χ1v) is 6.52. The van der Waals surface area contributed by atoms with E-state index in [1.807, 2.05) is 6.07 Å². The summed E-state index contributed by atoms with van der Waals surface area (Å²) in [5.74, 6) is 0.872. The number of H-pyrrole nitrogens is 1. The van der Waals surface area contributed by atoms with Crippen molar-refractivity contribution in [2.45, 2.75) is 13.8 Å². The Kier molecular flexibility index (Phi) is 2.67. The molecule has 3 rings (SSSR count). The van der Waals surface area contributed by atoms with Gasteiger partial charge in [0.15, 0.2) is 5.65 Å². The first-order chi connectivity index (χ1) is 8.63.